The molecule has 14 nitrogen and oxygen atoms in total. The number of amides is 4. The maximum absolute atomic E-state index is 11.8. The van der Waals surface area contributed by atoms with Gasteiger partial charge in [-0.1, -0.05) is 24.3 Å². The van der Waals surface area contributed by atoms with E-state index in [0.717, 1.165) is 61.8 Å². The van der Waals surface area contributed by atoms with Crippen LogP contribution in [0.2, 0.25) is 0 Å². The zero-order valence-electron chi connectivity index (χ0n) is 31.5. The smallest absolute Gasteiger partial charge is 0.319 e. The van der Waals surface area contributed by atoms with Crippen LogP contribution in [0.4, 0.5) is 21.0 Å². The number of ether oxygens (including phenoxy) is 1. The number of rotatable bonds is 9. The van der Waals surface area contributed by atoms with E-state index in [1.165, 1.54) is 6.07 Å². The lowest BCUT2D eigenvalue weighted by Crippen LogP contribution is -2.28. The number of aromatic nitrogens is 6. The lowest BCUT2D eigenvalue weighted by atomic mass is 10.1. The molecule has 0 radical (unpaired) electrons. The van der Waals surface area contributed by atoms with Gasteiger partial charge in [-0.25, -0.2) is 24.5 Å². The first-order valence-corrected chi connectivity index (χ1v) is 18.3. The summed E-state index contributed by atoms with van der Waals surface area (Å²) in [4.78, 5) is 50.8. The molecule has 2 aromatic carbocycles. The number of methoxy groups -OCH3 is 1. The maximum atomic E-state index is 11.8. The van der Waals surface area contributed by atoms with Crippen molar-refractivity contribution in [3.05, 3.63) is 145 Å². The van der Waals surface area contributed by atoms with Gasteiger partial charge in [-0.3, -0.25) is 13.6 Å². The van der Waals surface area contributed by atoms with Crippen molar-refractivity contribution in [3.8, 4) is 50.6 Å². The second-order valence-corrected chi connectivity index (χ2v) is 12.7. The number of carbonyl (C=O) groups excluding carboxylic acids is 2. The number of pyridine rings is 4. The van der Waals surface area contributed by atoms with Gasteiger partial charge in [0, 0.05) is 78.1 Å². The number of hydrogen-bond acceptors (Lipinski definition) is 7. The molecule has 8 aromatic rings. The molecule has 286 valence electrons. The van der Waals surface area contributed by atoms with Crippen molar-refractivity contribution in [2.75, 3.05) is 30.8 Å². The van der Waals surface area contributed by atoms with Crippen LogP contribution in [0.1, 0.15) is 13.8 Å². The van der Waals surface area contributed by atoms with Gasteiger partial charge in [0.15, 0.2) is 0 Å². The number of anilines is 2. The Hall–Kier alpha value is -7.74. The number of fused-ring (bicyclic) bond motifs is 2. The summed E-state index contributed by atoms with van der Waals surface area (Å²) in [6.07, 6.45) is 11.0. The van der Waals surface area contributed by atoms with Gasteiger partial charge in [-0.05, 0) is 91.2 Å². The molecular weight excluding hydrogens is 721 g/mol. The molecule has 0 fully saturated rings. The van der Waals surface area contributed by atoms with Crippen LogP contribution in [0.5, 0.6) is 5.88 Å². The molecule has 0 unspecified atom stereocenters. The molecule has 5 N–H and O–H groups in total. The minimum atomic E-state index is -0.233. The summed E-state index contributed by atoms with van der Waals surface area (Å²) in [6.45, 7) is 4.89. The van der Waals surface area contributed by atoms with Crippen LogP contribution >= 0.6 is 0 Å². The van der Waals surface area contributed by atoms with Crippen molar-refractivity contribution in [3.63, 3.8) is 0 Å². The Kier molecular flexibility index (Phi) is 11.3. The molecule has 57 heavy (non-hydrogen) atoms. The second kappa shape index (κ2) is 17.2. The molecule has 0 aliphatic carbocycles. The topological polar surface area (TPSA) is 172 Å². The summed E-state index contributed by atoms with van der Waals surface area (Å²) in [5.41, 5.74) is 10.6. The van der Waals surface area contributed by atoms with E-state index in [9.17, 15) is 14.4 Å². The highest BCUT2D eigenvalue weighted by atomic mass is 16.5. The Morgan fingerprint density at radius 1 is 0.614 bits per heavy atom. The zero-order valence-corrected chi connectivity index (χ0v) is 31.5. The van der Waals surface area contributed by atoms with E-state index in [1.54, 1.807) is 31.8 Å². The van der Waals surface area contributed by atoms with E-state index >= 15 is 0 Å². The molecule has 0 aliphatic rings. The quantitative estimate of drug-likeness (QED) is 0.100. The van der Waals surface area contributed by atoms with Crippen LogP contribution in [0.15, 0.2) is 139 Å². The zero-order chi connectivity index (χ0) is 39.7. The monoisotopic (exact) mass is 760 g/mol. The largest absolute Gasteiger partial charge is 0.481 e. The van der Waals surface area contributed by atoms with Gasteiger partial charge in [0.05, 0.1) is 30.9 Å². The van der Waals surface area contributed by atoms with E-state index in [2.05, 4.69) is 41.2 Å². The first-order chi connectivity index (χ1) is 27.8. The highest BCUT2D eigenvalue weighted by Crippen LogP contribution is 2.28. The average molecular weight is 761 g/mol. The summed E-state index contributed by atoms with van der Waals surface area (Å²) in [6, 6.07) is 29.9. The summed E-state index contributed by atoms with van der Waals surface area (Å²) in [5.74, 6) is 0.582. The molecule has 0 bridgehead atoms. The minimum absolute atomic E-state index is 0.131. The molecule has 6 aromatic heterocycles. The summed E-state index contributed by atoms with van der Waals surface area (Å²) in [7, 11) is 1.60. The lowest BCUT2D eigenvalue weighted by molar-refractivity contribution is 0.251. The molecule has 0 aliphatic heterocycles. The van der Waals surface area contributed by atoms with E-state index in [1.807, 2.05) is 126 Å². The van der Waals surface area contributed by atoms with Gasteiger partial charge >= 0.3 is 12.1 Å². The normalized spacial score (nSPS) is 10.7. The predicted molar refractivity (Wildman–Crippen MR) is 222 cm³/mol. The number of imidazole rings is 2. The Labute approximate surface area is 327 Å². The van der Waals surface area contributed by atoms with Gasteiger partial charge < -0.3 is 31.0 Å². The molecule has 0 spiro atoms. The van der Waals surface area contributed by atoms with E-state index < -0.39 is 0 Å². The van der Waals surface area contributed by atoms with Gasteiger partial charge in [0.2, 0.25) is 11.4 Å². The van der Waals surface area contributed by atoms with Crippen LogP contribution in [0.25, 0.3) is 56.1 Å². The molecule has 0 saturated heterocycles. The first kappa shape index (κ1) is 37.6. The second-order valence-electron chi connectivity index (χ2n) is 12.7. The highest BCUT2D eigenvalue weighted by Gasteiger charge is 2.11. The molecular formula is C43H40N10O4. The molecule has 8 rings (SSSR count). The Balaban J connectivity index is 0.000000174. The van der Waals surface area contributed by atoms with Gasteiger partial charge in [-0.15, -0.1) is 0 Å². The van der Waals surface area contributed by atoms with Crippen LogP contribution in [0.3, 0.4) is 0 Å². The number of nitrogens with zero attached hydrogens (tertiary/aromatic N) is 5. The number of urea groups is 2. The molecule has 6 heterocycles. The van der Waals surface area contributed by atoms with Crippen molar-refractivity contribution >= 4 is 34.7 Å². The summed E-state index contributed by atoms with van der Waals surface area (Å²) >= 11 is 0. The average Bonchev–Trinajstić information content (AvgIpc) is 3.86. The minimum Gasteiger partial charge on any atom is -0.481 e. The molecule has 0 saturated carbocycles. The first-order valence-electron chi connectivity index (χ1n) is 18.3. The molecule has 14 heteroatoms. The van der Waals surface area contributed by atoms with Gasteiger partial charge in [0.1, 0.15) is 11.3 Å². The lowest BCUT2D eigenvalue weighted by Gasteiger charge is -2.08. The van der Waals surface area contributed by atoms with Crippen LogP contribution in [0, 0.1) is 0 Å². The standard InChI is InChI=1S/C22H21N5O2.C21H19N5O2/c1-3-23-22(28)26-18-6-4-5-16(11-18)19-14-24-20-12-15(9-10-27(19)20)17-7-8-21(29-2)25-13-17;1-2-22-21(28)25-17-5-3-4-15(10-17)18-13-23-19-11-14(8-9-26(18)19)16-6-7-20(27)24-12-16/h4-14H,3H2,1-2H3,(H2,23,26,28);3-13H,2H2,1H3,(H,24,27)(H2,22,25,28). The SMILES string of the molecule is CCNC(=O)Nc1cccc(-c2cnc3cc(-c4ccc(=O)[nH]c4)ccn23)c1.CCNC(=O)Nc1cccc(-c2cnc3cc(-c4ccc(OC)nc4)ccn23)c1. The van der Waals surface area contributed by atoms with Crippen molar-refractivity contribution in [1.82, 2.24) is 39.4 Å². The van der Waals surface area contributed by atoms with Crippen LogP contribution in [-0.4, -0.2) is 61.0 Å². The van der Waals surface area contributed by atoms with Crippen LogP contribution in [-0.2, 0) is 0 Å². The van der Waals surface area contributed by atoms with Crippen molar-refractivity contribution < 1.29 is 14.3 Å². The maximum Gasteiger partial charge on any atom is 0.319 e. The number of carbonyl (C=O) groups is 2. The Bertz CT molecular complexity index is 2720. The number of H-pyrrole nitrogens is 1. The fourth-order valence-electron chi connectivity index (χ4n) is 6.19. The Morgan fingerprint density at radius 3 is 1.63 bits per heavy atom. The van der Waals surface area contributed by atoms with Crippen molar-refractivity contribution in [2.45, 2.75) is 13.8 Å². The van der Waals surface area contributed by atoms with Gasteiger partial charge in [0.25, 0.3) is 0 Å². The fraction of sp³-hybridized carbons (Fsp3) is 0.116. The highest BCUT2D eigenvalue weighted by molar-refractivity contribution is 5.91. The number of benzene rings is 2. The molecule has 0 atom stereocenters. The number of nitrogens with one attached hydrogen (secondary N) is 5. The third-order valence-corrected chi connectivity index (χ3v) is 8.93. The van der Waals surface area contributed by atoms with Crippen molar-refractivity contribution in [1.29, 1.82) is 0 Å². The Morgan fingerprint density at radius 2 is 1.16 bits per heavy atom. The van der Waals surface area contributed by atoms with Crippen LogP contribution < -0.4 is 31.6 Å². The number of aromatic amines is 1. The van der Waals surface area contributed by atoms with E-state index in [-0.39, 0.29) is 17.6 Å². The van der Waals surface area contributed by atoms with E-state index in [4.69, 9.17) is 4.74 Å². The molecule has 4 amide bonds. The fourth-order valence-corrected chi connectivity index (χ4v) is 6.19. The third-order valence-electron chi connectivity index (χ3n) is 8.93. The third kappa shape index (κ3) is 8.81. The van der Waals surface area contributed by atoms with E-state index in [0.29, 0.717) is 24.7 Å². The summed E-state index contributed by atoms with van der Waals surface area (Å²) < 4.78 is 9.12. The van der Waals surface area contributed by atoms with Crippen molar-refractivity contribution in [2.24, 2.45) is 0 Å². The van der Waals surface area contributed by atoms with Gasteiger partial charge in [-0.2, -0.15) is 0 Å². The summed E-state index contributed by atoms with van der Waals surface area (Å²) in [5, 5.41) is 11.1. The predicted octanol–water partition coefficient (Wildman–Crippen LogP) is 7.71. The number of hydrogen-bond donors (Lipinski definition) is 5.